The van der Waals surface area contributed by atoms with Crippen LogP contribution in [0.2, 0.25) is 5.02 Å². The average Bonchev–Trinajstić information content (AvgIpc) is 2.68. The van der Waals surface area contributed by atoms with E-state index in [0.717, 1.165) is 62.7 Å². The topological polar surface area (TPSA) is 35.6 Å². The highest BCUT2D eigenvalue weighted by atomic mass is 35.5. The SMILES string of the molecule is CCN1CCN(c2ccc(Cl)cc2NC(=O)/C=C/c2c(F)cccc2F)CC1. The van der Waals surface area contributed by atoms with Crippen molar-refractivity contribution in [2.75, 3.05) is 42.9 Å². The van der Waals surface area contributed by atoms with Gasteiger partial charge in [-0.2, -0.15) is 0 Å². The van der Waals surface area contributed by atoms with Crippen molar-refractivity contribution in [1.29, 1.82) is 0 Å². The van der Waals surface area contributed by atoms with Crippen LogP contribution in [0, 0.1) is 11.6 Å². The number of halogens is 3. The molecular formula is C21H22ClF2N3O. The Hall–Kier alpha value is -2.44. The van der Waals surface area contributed by atoms with Crippen molar-refractivity contribution in [3.63, 3.8) is 0 Å². The molecule has 1 aliphatic rings. The largest absolute Gasteiger partial charge is 0.367 e. The number of hydrogen-bond donors (Lipinski definition) is 1. The van der Waals surface area contributed by atoms with E-state index in [1.54, 1.807) is 12.1 Å². The van der Waals surface area contributed by atoms with Gasteiger partial charge in [0.05, 0.1) is 11.4 Å². The molecule has 0 saturated carbocycles. The van der Waals surface area contributed by atoms with Crippen LogP contribution in [0.1, 0.15) is 12.5 Å². The number of carbonyl (C=O) groups is 1. The van der Waals surface area contributed by atoms with E-state index >= 15 is 0 Å². The van der Waals surface area contributed by atoms with E-state index < -0.39 is 17.5 Å². The number of nitrogens with zero attached hydrogens (tertiary/aromatic N) is 2. The summed E-state index contributed by atoms with van der Waals surface area (Å²) >= 11 is 6.10. The quantitative estimate of drug-likeness (QED) is 0.748. The van der Waals surface area contributed by atoms with Gasteiger partial charge in [-0.1, -0.05) is 24.6 Å². The van der Waals surface area contributed by atoms with E-state index in [9.17, 15) is 13.6 Å². The number of carbonyl (C=O) groups excluding carboxylic acids is 1. The van der Waals surface area contributed by atoms with Crippen LogP contribution in [-0.2, 0) is 4.79 Å². The third kappa shape index (κ3) is 4.88. The molecule has 3 rings (SSSR count). The molecule has 28 heavy (non-hydrogen) atoms. The average molecular weight is 406 g/mol. The number of hydrogen-bond acceptors (Lipinski definition) is 3. The summed E-state index contributed by atoms with van der Waals surface area (Å²) in [6, 6.07) is 8.90. The van der Waals surface area contributed by atoms with Gasteiger partial charge in [-0.15, -0.1) is 0 Å². The Labute approximate surface area is 168 Å². The van der Waals surface area contributed by atoms with Crippen LogP contribution < -0.4 is 10.2 Å². The van der Waals surface area contributed by atoms with Gasteiger partial charge in [-0.05, 0) is 43.0 Å². The van der Waals surface area contributed by atoms with Crippen LogP contribution >= 0.6 is 11.6 Å². The zero-order valence-electron chi connectivity index (χ0n) is 15.6. The van der Waals surface area contributed by atoms with Crippen LogP contribution in [0.4, 0.5) is 20.2 Å². The first-order valence-corrected chi connectivity index (χ1v) is 9.55. The van der Waals surface area contributed by atoms with Crippen molar-refractivity contribution in [3.8, 4) is 0 Å². The minimum Gasteiger partial charge on any atom is -0.367 e. The van der Waals surface area contributed by atoms with E-state index in [1.807, 2.05) is 6.07 Å². The van der Waals surface area contributed by atoms with Gasteiger partial charge in [0.1, 0.15) is 11.6 Å². The number of likely N-dealkylation sites (N-methyl/N-ethyl adjacent to an activating group) is 1. The molecule has 2 aromatic carbocycles. The molecule has 4 nitrogen and oxygen atoms in total. The van der Waals surface area contributed by atoms with Gasteiger partial charge >= 0.3 is 0 Å². The predicted octanol–water partition coefficient (Wildman–Crippen LogP) is 4.41. The van der Waals surface area contributed by atoms with Gasteiger partial charge in [0, 0.05) is 42.8 Å². The third-order valence-electron chi connectivity index (χ3n) is 4.78. The van der Waals surface area contributed by atoms with Gasteiger partial charge in [0.15, 0.2) is 0 Å². The number of benzene rings is 2. The normalized spacial score (nSPS) is 15.2. The van der Waals surface area contributed by atoms with Crippen LogP contribution in [-0.4, -0.2) is 43.5 Å². The molecule has 1 heterocycles. The standard InChI is InChI=1S/C21H22ClF2N3O/c1-2-26-10-12-27(13-11-26)20-8-6-15(22)14-19(20)25-21(28)9-7-16-17(23)4-3-5-18(16)24/h3-9,14H,2,10-13H2,1H3,(H,25,28)/b9-7+. The molecule has 7 heteroatoms. The van der Waals surface area contributed by atoms with E-state index in [0.29, 0.717) is 10.7 Å². The van der Waals surface area contributed by atoms with Crippen molar-refractivity contribution in [2.45, 2.75) is 6.92 Å². The van der Waals surface area contributed by atoms with E-state index in [1.165, 1.54) is 6.07 Å². The second-order valence-corrected chi connectivity index (χ2v) is 6.98. The Kier molecular flexibility index (Phi) is 6.65. The van der Waals surface area contributed by atoms with Gasteiger partial charge in [0.2, 0.25) is 5.91 Å². The van der Waals surface area contributed by atoms with E-state index in [4.69, 9.17) is 11.6 Å². The number of anilines is 2. The van der Waals surface area contributed by atoms with Crippen LogP contribution in [0.15, 0.2) is 42.5 Å². The van der Waals surface area contributed by atoms with Gasteiger partial charge < -0.3 is 15.1 Å². The Morgan fingerprint density at radius 3 is 2.46 bits per heavy atom. The monoisotopic (exact) mass is 405 g/mol. The highest BCUT2D eigenvalue weighted by Gasteiger charge is 2.19. The number of nitrogens with one attached hydrogen (secondary N) is 1. The maximum atomic E-state index is 13.7. The van der Waals surface area contributed by atoms with Crippen molar-refractivity contribution in [1.82, 2.24) is 4.90 Å². The predicted molar refractivity (Wildman–Crippen MR) is 110 cm³/mol. The molecule has 1 amide bonds. The van der Waals surface area contributed by atoms with Gasteiger partial charge in [-0.25, -0.2) is 8.78 Å². The fourth-order valence-electron chi connectivity index (χ4n) is 3.19. The molecule has 0 aliphatic carbocycles. The Balaban J connectivity index is 1.75. The molecule has 2 aromatic rings. The Morgan fingerprint density at radius 2 is 1.82 bits per heavy atom. The lowest BCUT2D eigenvalue weighted by atomic mass is 10.1. The van der Waals surface area contributed by atoms with Crippen LogP contribution in [0.5, 0.6) is 0 Å². The summed E-state index contributed by atoms with van der Waals surface area (Å²) < 4.78 is 27.4. The van der Waals surface area contributed by atoms with Crippen molar-refractivity contribution in [2.24, 2.45) is 0 Å². The summed E-state index contributed by atoms with van der Waals surface area (Å²) in [7, 11) is 0. The smallest absolute Gasteiger partial charge is 0.248 e. The van der Waals surface area contributed by atoms with Crippen molar-refractivity contribution >= 4 is 35.0 Å². The minimum absolute atomic E-state index is 0.250. The first kappa shape index (κ1) is 20.3. The molecule has 0 aromatic heterocycles. The molecule has 0 atom stereocenters. The van der Waals surface area contributed by atoms with Gasteiger partial charge in [0.25, 0.3) is 0 Å². The molecule has 1 N–H and O–H groups in total. The lowest BCUT2D eigenvalue weighted by Crippen LogP contribution is -2.46. The first-order chi connectivity index (χ1) is 13.5. The number of amides is 1. The second kappa shape index (κ2) is 9.17. The Morgan fingerprint density at radius 1 is 1.14 bits per heavy atom. The summed E-state index contributed by atoms with van der Waals surface area (Å²) in [4.78, 5) is 16.9. The summed E-state index contributed by atoms with van der Waals surface area (Å²) in [6.45, 7) is 6.71. The number of piperazine rings is 1. The lowest BCUT2D eigenvalue weighted by Gasteiger charge is -2.36. The summed E-state index contributed by atoms with van der Waals surface area (Å²) in [5, 5.41) is 3.27. The second-order valence-electron chi connectivity index (χ2n) is 6.54. The first-order valence-electron chi connectivity index (χ1n) is 9.18. The number of rotatable bonds is 5. The van der Waals surface area contributed by atoms with Crippen LogP contribution in [0.3, 0.4) is 0 Å². The van der Waals surface area contributed by atoms with E-state index in [2.05, 4.69) is 22.0 Å². The molecule has 1 fully saturated rings. The molecule has 0 unspecified atom stereocenters. The molecule has 1 aliphatic heterocycles. The maximum absolute atomic E-state index is 13.7. The summed E-state index contributed by atoms with van der Waals surface area (Å²) in [6.07, 6.45) is 2.24. The molecule has 1 saturated heterocycles. The zero-order chi connectivity index (χ0) is 20.1. The highest BCUT2D eigenvalue weighted by molar-refractivity contribution is 6.31. The maximum Gasteiger partial charge on any atom is 0.248 e. The summed E-state index contributed by atoms with van der Waals surface area (Å²) in [5.74, 6) is -1.93. The third-order valence-corrected chi connectivity index (χ3v) is 5.01. The van der Waals surface area contributed by atoms with Crippen molar-refractivity contribution < 1.29 is 13.6 Å². The fraction of sp³-hybridized carbons (Fsp3) is 0.286. The summed E-state index contributed by atoms with van der Waals surface area (Å²) in [5.41, 5.74) is 1.19. The van der Waals surface area contributed by atoms with Crippen LogP contribution in [0.25, 0.3) is 6.08 Å². The zero-order valence-corrected chi connectivity index (χ0v) is 16.3. The molecule has 0 spiro atoms. The molecular weight excluding hydrogens is 384 g/mol. The molecule has 0 radical (unpaired) electrons. The molecule has 148 valence electrons. The van der Waals surface area contributed by atoms with E-state index in [-0.39, 0.29) is 5.56 Å². The minimum atomic E-state index is -0.721. The molecule has 0 bridgehead atoms. The Bertz CT molecular complexity index is 860. The van der Waals surface area contributed by atoms with Gasteiger partial charge in [-0.3, -0.25) is 4.79 Å². The van der Waals surface area contributed by atoms with Crippen molar-refractivity contribution in [3.05, 3.63) is 64.7 Å². The fourth-order valence-corrected chi connectivity index (χ4v) is 3.36. The highest BCUT2D eigenvalue weighted by Crippen LogP contribution is 2.30. The lowest BCUT2D eigenvalue weighted by molar-refractivity contribution is -0.111.